The molecule has 0 radical (unpaired) electrons. The van der Waals surface area contributed by atoms with E-state index in [4.69, 9.17) is 0 Å². The summed E-state index contributed by atoms with van der Waals surface area (Å²) in [5.74, 6) is 1.15. The maximum atomic E-state index is 11.7. The lowest BCUT2D eigenvalue weighted by molar-refractivity contribution is -0.120. The summed E-state index contributed by atoms with van der Waals surface area (Å²) in [6, 6.07) is 0.493. The van der Waals surface area contributed by atoms with Gasteiger partial charge >= 0.3 is 0 Å². The van der Waals surface area contributed by atoms with Crippen LogP contribution in [0.15, 0.2) is 0 Å². The molecular weight excluding hydrogens is 186 g/mol. The predicted molar refractivity (Wildman–Crippen MR) is 64.0 cm³/mol. The first-order chi connectivity index (χ1) is 7.18. The Kier molecular flexibility index (Phi) is 5.92. The Bertz CT molecular complexity index is 183. The quantitative estimate of drug-likeness (QED) is 0.732. The molecule has 88 valence electrons. The fourth-order valence-corrected chi connectivity index (χ4v) is 2.32. The van der Waals surface area contributed by atoms with E-state index in [1.165, 1.54) is 32.1 Å². The van der Waals surface area contributed by atoms with Crippen LogP contribution in [0.2, 0.25) is 0 Å². The number of nitrogens with one attached hydrogen (secondary N) is 1. The molecule has 1 fully saturated rings. The molecule has 2 nitrogen and oxygen atoms in total. The third-order valence-electron chi connectivity index (χ3n) is 3.20. The molecule has 0 aromatic rings. The minimum Gasteiger partial charge on any atom is -0.314 e. The Morgan fingerprint density at radius 2 is 1.93 bits per heavy atom. The molecule has 0 atom stereocenters. The van der Waals surface area contributed by atoms with Gasteiger partial charge in [-0.3, -0.25) is 4.79 Å². The molecule has 0 amide bonds. The van der Waals surface area contributed by atoms with Crippen LogP contribution in [-0.4, -0.2) is 18.4 Å². The Hall–Kier alpha value is -0.370. The van der Waals surface area contributed by atoms with E-state index in [0.717, 1.165) is 13.0 Å². The third kappa shape index (κ3) is 5.93. The molecule has 1 saturated carbocycles. The van der Waals surface area contributed by atoms with Gasteiger partial charge < -0.3 is 5.32 Å². The molecule has 1 aliphatic rings. The lowest BCUT2D eigenvalue weighted by atomic mass is 9.85. The zero-order chi connectivity index (χ0) is 11.1. The number of Topliss-reactive ketones (excluding diaryl/α,β-unsaturated/α-hetero) is 1. The Balaban J connectivity index is 2.06. The van der Waals surface area contributed by atoms with Gasteiger partial charge in [0.2, 0.25) is 0 Å². The van der Waals surface area contributed by atoms with E-state index >= 15 is 0 Å². The van der Waals surface area contributed by atoms with Crippen LogP contribution >= 0.6 is 0 Å². The Morgan fingerprint density at radius 1 is 1.27 bits per heavy atom. The molecule has 2 heteroatoms. The smallest absolute Gasteiger partial charge is 0.134 e. The van der Waals surface area contributed by atoms with Gasteiger partial charge in [0.05, 0.1) is 0 Å². The molecule has 1 N–H and O–H groups in total. The van der Waals surface area contributed by atoms with Gasteiger partial charge in [-0.15, -0.1) is 0 Å². The van der Waals surface area contributed by atoms with Crippen molar-refractivity contribution >= 4 is 5.78 Å². The van der Waals surface area contributed by atoms with Gasteiger partial charge in [0.15, 0.2) is 0 Å². The van der Waals surface area contributed by atoms with Crippen LogP contribution in [0, 0.1) is 5.92 Å². The number of hydrogen-bond acceptors (Lipinski definition) is 2. The number of ketones is 1. The maximum absolute atomic E-state index is 11.7. The number of rotatable bonds is 6. The summed E-state index contributed by atoms with van der Waals surface area (Å²) in [7, 11) is 0. The molecule has 0 unspecified atom stereocenters. The highest BCUT2D eigenvalue weighted by molar-refractivity contribution is 5.78. The van der Waals surface area contributed by atoms with Gasteiger partial charge in [-0.2, -0.15) is 0 Å². The average molecular weight is 211 g/mol. The van der Waals surface area contributed by atoms with Crippen LogP contribution in [0.1, 0.15) is 58.8 Å². The summed E-state index contributed by atoms with van der Waals surface area (Å²) in [6.45, 7) is 5.08. The summed E-state index contributed by atoms with van der Waals surface area (Å²) in [5, 5.41) is 3.29. The minimum absolute atomic E-state index is 0.454. The average Bonchev–Trinajstić information content (AvgIpc) is 2.18. The molecule has 0 saturated heterocycles. The topological polar surface area (TPSA) is 29.1 Å². The van der Waals surface area contributed by atoms with Crippen LogP contribution in [0.3, 0.4) is 0 Å². The van der Waals surface area contributed by atoms with Crippen molar-refractivity contribution in [2.24, 2.45) is 5.92 Å². The van der Waals surface area contributed by atoms with E-state index < -0.39 is 0 Å². The molecule has 1 aliphatic carbocycles. The van der Waals surface area contributed by atoms with Crippen molar-refractivity contribution in [1.29, 1.82) is 0 Å². The summed E-state index contributed by atoms with van der Waals surface area (Å²) in [5.41, 5.74) is 0. The normalized spacial score (nSPS) is 18.3. The molecule has 0 spiro atoms. The van der Waals surface area contributed by atoms with Crippen molar-refractivity contribution in [3.63, 3.8) is 0 Å². The van der Waals surface area contributed by atoms with E-state index in [2.05, 4.69) is 19.2 Å². The molecule has 0 aromatic heterocycles. The van der Waals surface area contributed by atoms with Crippen LogP contribution in [0.5, 0.6) is 0 Å². The molecule has 0 aromatic carbocycles. The van der Waals surface area contributed by atoms with Crippen molar-refractivity contribution in [3.05, 3.63) is 0 Å². The second-order valence-corrected chi connectivity index (χ2v) is 5.11. The zero-order valence-electron chi connectivity index (χ0n) is 10.2. The fourth-order valence-electron chi connectivity index (χ4n) is 2.32. The van der Waals surface area contributed by atoms with E-state index in [1.54, 1.807) is 0 Å². The minimum atomic E-state index is 0.454. The first kappa shape index (κ1) is 12.7. The zero-order valence-corrected chi connectivity index (χ0v) is 10.2. The first-order valence-corrected chi connectivity index (χ1v) is 6.43. The van der Waals surface area contributed by atoms with E-state index in [-0.39, 0.29) is 0 Å². The maximum Gasteiger partial charge on any atom is 0.134 e. The highest BCUT2D eigenvalue weighted by atomic mass is 16.1. The summed E-state index contributed by atoms with van der Waals surface area (Å²) in [6.07, 6.45) is 8.16. The van der Waals surface area contributed by atoms with Gasteiger partial charge in [0.1, 0.15) is 5.78 Å². The van der Waals surface area contributed by atoms with Crippen molar-refractivity contribution in [2.75, 3.05) is 6.54 Å². The van der Waals surface area contributed by atoms with Crippen molar-refractivity contribution < 1.29 is 4.79 Å². The molecule has 1 rings (SSSR count). The largest absolute Gasteiger partial charge is 0.314 e. The highest BCUT2D eigenvalue weighted by Crippen LogP contribution is 2.26. The lowest BCUT2D eigenvalue weighted by Crippen LogP contribution is -2.26. The molecule has 0 bridgehead atoms. The fraction of sp³-hybridized carbons (Fsp3) is 0.923. The van der Waals surface area contributed by atoms with Gasteiger partial charge in [-0.05, 0) is 5.92 Å². The van der Waals surface area contributed by atoms with E-state index in [1.807, 2.05) is 0 Å². The van der Waals surface area contributed by atoms with Gasteiger partial charge in [0.25, 0.3) is 0 Å². The van der Waals surface area contributed by atoms with Crippen LogP contribution in [0.25, 0.3) is 0 Å². The summed E-state index contributed by atoms with van der Waals surface area (Å²) < 4.78 is 0. The number of hydrogen-bond donors (Lipinski definition) is 1. The number of carbonyl (C=O) groups is 1. The summed E-state index contributed by atoms with van der Waals surface area (Å²) >= 11 is 0. The predicted octanol–water partition coefficient (Wildman–Crippen LogP) is 2.91. The van der Waals surface area contributed by atoms with Gasteiger partial charge in [-0.1, -0.05) is 46.0 Å². The molecule has 15 heavy (non-hydrogen) atoms. The Labute approximate surface area is 93.8 Å². The Morgan fingerprint density at radius 3 is 2.53 bits per heavy atom. The standard InChI is InChI=1S/C13H25NO/c1-11(2)14-9-8-13(15)10-12-6-4-3-5-7-12/h11-12,14H,3-10H2,1-2H3. The van der Waals surface area contributed by atoms with Gasteiger partial charge in [-0.25, -0.2) is 0 Å². The second-order valence-electron chi connectivity index (χ2n) is 5.11. The summed E-state index contributed by atoms with van der Waals surface area (Å²) in [4.78, 5) is 11.7. The third-order valence-corrected chi connectivity index (χ3v) is 3.20. The van der Waals surface area contributed by atoms with Crippen molar-refractivity contribution in [2.45, 2.75) is 64.8 Å². The highest BCUT2D eigenvalue weighted by Gasteiger charge is 2.16. The molecule has 0 heterocycles. The SMILES string of the molecule is CC(C)NCCC(=O)CC1CCCCC1. The molecular formula is C13H25NO. The second kappa shape index (κ2) is 7.00. The monoisotopic (exact) mass is 211 g/mol. The molecule has 0 aliphatic heterocycles. The van der Waals surface area contributed by atoms with E-state index in [9.17, 15) is 4.79 Å². The van der Waals surface area contributed by atoms with Crippen LogP contribution in [0.4, 0.5) is 0 Å². The number of carbonyl (C=O) groups excluding carboxylic acids is 1. The lowest BCUT2D eigenvalue weighted by Gasteiger charge is -2.20. The van der Waals surface area contributed by atoms with Crippen LogP contribution in [-0.2, 0) is 4.79 Å². The van der Waals surface area contributed by atoms with Gasteiger partial charge in [0, 0.05) is 25.4 Å². The van der Waals surface area contributed by atoms with Crippen molar-refractivity contribution in [3.8, 4) is 0 Å². The van der Waals surface area contributed by atoms with Crippen LogP contribution < -0.4 is 5.32 Å². The van der Waals surface area contributed by atoms with E-state index in [0.29, 0.717) is 24.2 Å². The first-order valence-electron chi connectivity index (χ1n) is 6.43. The van der Waals surface area contributed by atoms with Crippen molar-refractivity contribution in [1.82, 2.24) is 5.32 Å².